The van der Waals surface area contributed by atoms with Crippen LogP contribution in [0.15, 0.2) is 47.8 Å². The van der Waals surface area contributed by atoms with Crippen molar-refractivity contribution in [3.8, 4) is 0 Å². The number of aromatic nitrogens is 1. The average molecular weight is 393 g/mol. The van der Waals surface area contributed by atoms with Gasteiger partial charge in [0.15, 0.2) is 0 Å². The van der Waals surface area contributed by atoms with Crippen molar-refractivity contribution in [3.05, 3.63) is 63.9 Å². The van der Waals surface area contributed by atoms with Crippen LogP contribution in [0.1, 0.15) is 29.8 Å². The van der Waals surface area contributed by atoms with Gasteiger partial charge in [0.1, 0.15) is 6.04 Å². The molecule has 1 atom stereocenters. The van der Waals surface area contributed by atoms with Gasteiger partial charge in [-0.2, -0.15) is 5.10 Å². The second-order valence-electron chi connectivity index (χ2n) is 5.84. The predicted octanol–water partition coefficient (Wildman–Crippen LogP) is 3.29. The molecule has 6 nitrogen and oxygen atoms in total. The van der Waals surface area contributed by atoms with Crippen molar-refractivity contribution in [2.24, 2.45) is 11.0 Å². The fourth-order valence-electron chi connectivity index (χ4n) is 2.12. The highest BCUT2D eigenvalue weighted by Crippen LogP contribution is 2.21. The summed E-state index contributed by atoms with van der Waals surface area (Å²) in [5, 5.41) is 7.21. The standard InChI is InChI=1S/C18H18Cl2N4O2/c1-11(2)16(18(26)24-22-10-12-4-3-7-21-9-12)23-17(25)14-6-5-13(19)8-15(14)20/h3-11,16H,1-2H3,(H,23,25)(H,24,26)/b22-10-. The van der Waals surface area contributed by atoms with Gasteiger partial charge >= 0.3 is 0 Å². The third kappa shape index (κ3) is 5.54. The van der Waals surface area contributed by atoms with E-state index in [2.05, 4.69) is 20.8 Å². The van der Waals surface area contributed by atoms with Gasteiger partial charge in [0.25, 0.3) is 11.8 Å². The summed E-state index contributed by atoms with van der Waals surface area (Å²) in [6.07, 6.45) is 4.72. The van der Waals surface area contributed by atoms with Gasteiger partial charge in [-0.3, -0.25) is 14.6 Å². The fourth-order valence-corrected chi connectivity index (χ4v) is 2.61. The predicted molar refractivity (Wildman–Crippen MR) is 103 cm³/mol. The topological polar surface area (TPSA) is 83.5 Å². The Morgan fingerprint density at radius 2 is 2.00 bits per heavy atom. The van der Waals surface area contributed by atoms with Gasteiger partial charge in [-0.25, -0.2) is 5.43 Å². The van der Waals surface area contributed by atoms with E-state index in [0.717, 1.165) is 5.56 Å². The molecule has 0 saturated heterocycles. The van der Waals surface area contributed by atoms with Crippen LogP contribution < -0.4 is 10.7 Å². The molecule has 2 rings (SSSR count). The van der Waals surface area contributed by atoms with Gasteiger partial charge in [0.05, 0.1) is 16.8 Å². The van der Waals surface area contributed by atoms with Crippen LogP contribution in [0, 0.1) is 5.92 Å². The molecular weight excluding hydrogens is 375 g/mol. The Morgan fingerprint density at radius 3 is 2.62 bits per heavy atom. The van der Waals surface area contributed by atoms with Crippen molar-refractivity contribution in [2.45, 2.75) is 19.9 Å². The monoisotopic (exact) mass is 392 g/mol. The fraction of sp³-hybridized carbons (Fsp3) is 0.222. The van der Waals surface area contributed by atoms with Crippen LogP contribution >= 0.6 is 23.2 Å². The molecule has 136 valence electrons. The number of rotatable bonds is 6. The highest BCUT2D eigenvalue weighted by atomic mass is 35.5. The summed E-state index contributed by atoms with van der Waals surface area (Å²) in [5.74, 6) is -1.05. The van der Waals surface area contributed by atoms with E-state index >= 15 is 0 Å². The molecular formula is C18H18Cl2N4O2. The maximum atomic E-state index is 12.4. The second-order valence-corrected chi connectivity index (χ2v) is 6.68. The van der Waals surface area contributed by atoms with Crippen LogP contribution in [-0.4, -0.2) is 29.1 Å². The van der Waals surface area contributed by atoms with Crippen molar-refractivity contribution < 1.29 is 9.59 Å². The van der Waals surface area contributed by atoms with Gasteiger partial charge in [0.2, 0.25) is 0 Å². The summed E-state index contributed by atoms with van der Waals surface area (Å²) >= 11 is 11.9. The quantitative estimate of drug-likeness (QED) is 0.584. The molecule has 0 bridgehead atoms. The van der Waals surface area contributed by atoms with Crippen molar-refractivity contribution in [1.29, 1.82) is 0 Å². The molecule has 1 aromatic heterocycles. The number of pyridine rings is 1. The molecule has 1 aromatic carbocycles. The van der Waals surface area contributed by atoms with Crippen LogP contribution in [0.4, 0.5) is 0 Å². The largest absolute Gasteiger partial charge is 0.340 e. The Bertz CT molecular complexity index is 810. The molecule has 2 amide bonds. The molecule has 1 unspecified atom stereocenters. The van der Waals surface area contributed by atoms with Crippen molar-refractivity contribution in [3.63, 3.8) is 0 Å². The number of nitrogens with zero attached hydrogens (tertiary/aromatic N) is 2. The Balaban J connectivity index is 2.04. The summed E-state index contributed by atoms with van der Waals surface area (Å²) in [4.78, 5) is 28.7. The zero-order valence-electron chi connectivity index (χ0n) is 14.2. The highest BCUT2D eigenvalue weighted by Gasteiger charge is 2.25. The first kappa shape index (κ1) is 19.9. The molecule has 0 fully saturated rings. The van der Waals surface area contributed by atoms with E-state index in [1.165, 1.54) is 18.3 Å². The van der Waals surface area contributed by atoms with Crippen LogP contribution in [0.25, 0.3) is 0 Å². The second kappa shape index (κ2) is 9.31. The molecule has 2 N–H and O–H groups in total. The van der Waals surface area contributed by atoms with Gasteiger partial charge in [-0.05, 0) is 30.2 Å². The van der Waals surface area contributed by atoms with Crippen LogP contribution in [-0.2, 0) is 4.79 Å². The minimum absolute atomic E-state index is 0.154. The van der Waals surface area contributed by atoms with Crippen LogP contribution in [0.5, 0.6) is 0 Å². The van der Waals surface area contributed by atoms with E-state index in [1.54, 1.807) is 30.6 Å². The van der Waals surface area contributed by atoms with Crippen molar-refractivity contribution >= 4 is 41.2 Å². The summed E-state index contributed by atoms with van der Waals surface area (Å²) < 4.78 is 0. The molecule has 0 aliphatic carbocycles. The van der Waals surface area contributed by atoms with Gasteiger partial charge < -0.3 is 5.32 Å². The number of amides is 2. The summed E-state index contributed by atoms with van der Waals surface area (Å²) in [6, 6.07) is 7.32. The first-order valence-corrected chi connectivity index (χ1v) is 8.63. The van der Waals surface area contributed by atoms with E-state index < -0.39 is 17.9 Å². The third-order valence-electron chi connectivity index (χ3n) is 3.48. The zero-order valence-corrected chi connectivity index (χ0v) is 15.8. The Morgan fingerprint density at radius 1 is 1.23 bits per heavy atom. The molecule has 0 aliphatic heterocycles. The molecule has 1 heterocycles. The maximum Gasteiger partial charge on any atom is 0.262 e. The van der Waals surface area contributed by atoms with Crippen LogP contribution in [0.2, 0.25) is 10.0 Å². The van der Waals surface area contributed by atoms with Gasteiger partial charge in [0, 0.05) is 23.0 Å². The van der Waals surface area contributed by atoms with Crippen LogP contribution in [0.3, 0.4) is 0 Å². The SMILES string of the molecule is CC(C)C(NC(=O)c1ccc(Cl)cc1Cl)C(=O)N/N=C\c1cccnc1. The first-order valence-electron chi connectivity index (χ1n) is 7.87. The minimum atomic E-state index is -0.778. The number of hydrogen-bond donors (Lipinski definition) is 2. The van der Waals surface area contributed by atoms with E-state index in [4.69, 9.17) is 23.2 Å². The smallest absolute Gasteiger partial charge is 0.262 e. The number of carbonyl (C=O) groups is 2. The van der Waals surface area contributed by atoms with E-state index in [9.17, 15) is 9.59 Å². The van der Waals surface area contributed by atoms with E-state index in [0.29, 0.717) is 5.02 Å². The molecule has 26 heavy (non-hydrogen) atoms. The Labute approximate surface area is 161 Å². The van der Waals surface area contributed by atoms with Crippen molar-refractivity contribution in [2.75, 3.05) is 0 Å². The number of benzene rings is 1. The third-order valence-corrected chi connectivity index (χ3v) is 4.03. The number of halogens is 2. The number of nitrogens with one attached hydrogen (secondary N) is 2. The van der Waals surface area contributed by atoms with E-state index in [1.807, 2.05) is 13.8 Å². The molecule has 0 radical (unpaired) electrons. The summed E-state index contributed by atoms with van der Waals surface area (Å²) in [7, 11) is 0. The lowest BCUT2D eigenvalue weighted by Crippen LogP contribution is -2.48. The van der Waals surface area contributed by atoms with Crippen molar-refractivity contribution in [1.82, 2.24) is 15.7 Å². The summed E-state index contributed by atoms with van der Waals surface area (Å²) in [6.45, 7) is 3.64. The average Bonchev–Trinajstić information content (AvgIpc) is 2.60. The van der Waals surface area contributed by atoms with E-state index in [-0.39, 0.29) is 16.5 Å². The normalized spacial score (nSPS) is 12.2. The molecule has 2 aromatic rings. The zero-order chi connectivity index (χ0) is 19.1. The van der Waals surface area contributed by atoms with Gasteiger partial charge in [-0.15, -0.1) is 0 Å². The maximum absolute atomic E-state index is 12.4. The Kier molecular flexibility index (Phi) is 7.12. The first-order chi connectivity index (χ1) is 12.4. The number of hydrazone groups is 1. The molecule has 0 aliphatic rings. The lowest BCUT2D eigenvalue weighted by molar-refractivity contribution is -0.123. The molecule has 8 heteroatoms. The molecule has 0 spiro atoms. The lowest BCUT2D eigenvalue weighted by Gasteiger charge is -2.20. The number of carbonyl (C=O) groups excluding carboxylic acids is 2. The minimum Gasteiger partial charge on any atom is -0.340 e. The lowest BCUT2D eigenvalue weighted by atomic mass is 10.0. The Hall–Kier alpha value is -2.44. The molecule has 0 saturated carbocycles. The summed E-state index contributed by atoms with van der Waals surface area (Å²) in [5.41, 5.74) is 3.41. The number of hydrogen-bond acceptors (Lipinski definition) is 4. The highest BCUT2D eigenvalue weighted by molar-refractivity contribution is 6.36. The van der Waals surface area contributed by atoms with Gasteiger partial charge in [-0.1, -0.05) is 43.1 Å².